The molecule has 1 amide bonds. The molecule has 0 aliphatic rings. The lowest BCUT2D eigenvalue weighted by Gasteiger charge is -2.08. The van der Waals surface area contributed by atoms with Gasteiger partial charge in [0.1, 0.15) is 18.1 Å². The molecule has 21 heavy (non-hydrogen) atoms. The summed E-state index contributed by atoms with van der Waals surface area (Å²) in [5, 5.41) is 8.94. The zero-order valence-electron chi connectivity index (χ0n) is 11.3. The molecule has 7 nitrogen and oxygen atoms in total. The van der Waals surface area contributed by atoms with Crippen molar-refractivity contribution in [2.24, 2.45) is 5.84 Å². The predicted octanol–water partition coefficient (Wildman–Crippen LogP) is 1.34. The quantitative estimate of drug-likeness (QED) is 0.488. The molecular formula is C14H13N3O4. The SMILES string of the molecule is COc1cc(C#N)cc(OCc2ccoc2C(=O)NN)c1. The number of benzene rings is 1. The summed E-state index contributed by atoms with van der Waals surface area (Å²) in [5.74, 6) is 5.57. The molecule has 0 unspecified atom stereocenters. The van der Waals surface area contributed by atoms with E-state index in [2.05, 4.69) is 0 Å². The molecule has 108 valence electrons. The molecule has 0 saturated heterocycles. The fraction of sp³-hybridized carbons (Fsp3) is 0.143. The highest BCUT2D eigenvalue weighted by atomic mass is 16.5. The van der Waals surface area contributed by atoms with Crippen LogP contribution in [0.15, 0.2) is 34.9 Å². The Morgan fingerprint density at radius 1 is 1.43 bits per heavy atom. The summed E-state index contributed by atoms with van der Waals surface area (Å²) in [7, 11) is 1.50. The normalized spacial score (nSPS) is 9.76. The summed E-state index contributed by atoms with van der Waals surface area (Å²) in [6, 6.07) is 8.43. The molecule has 0 spiro atoms. The minimum Gasteiger partial charge on any atom is -0.497 e. The molecule has 2 rings (SSSR count). The number of hydrazine groups is 1. The van der Waals surface area contributed by atoms with Gasteiger partial charge in [0, 0.05) is 11.6 Å². The van der Waals surface area contributed by atoms with Crippen LogP contribution in [-0.4, -0.2) is 13.0 Å². The largest absolute Gasteiger partial charge is 0.497 e. The van der Waals surface area contributed by atoms with Crippen molar-refractivity contribution in [1.29, 1.82) is 5.26 Å². The summed E-state index contributed by atoms with van der Waals surface area (Å²) in [6.45, 7) is 0.0945. The van der Waals surface area contributed by atoms with E-state index in [1.807, 2.05) is 11.5 Å². The Morgan fingerprint density at radius 2 is 2.19 bits per heavy atom. The number of methoxy groups -OCH3 is 1. The van der Waals surface area contributed by atoms with Crippen LogP contribution in [0, 0.1) is 11.3 Å². The van der Waals surface area contributed by atoms with Gasteiger partial charge >= 0.3 is 5.91 Å². The van der Waals surface area contributed by atoms with Gasteiger partial charge in [-0.15, -0.1) is 0 Å². The zero-order chi connectivity index (χ0) is 15.2. The topological polar surface area (TPSA) is 111 Å². The van der Waals surface area contributed by atoms with Gasteiger partial charge in [-0.05, 0) is 18.2 Å². The number of amides is 1. The van der Waals surface area contributed by atoms with Gasteiger partial charge in [-0.1, -0.05) is 0 Å². The molecule has 0 radical (unpaired) electrons. The van der Waals surface area contributed by atoms with E-state index < -0.39 is 5.91 Å². The van der Waals surface area contributed by atoms with Crippen molar-refractivity contribution >= 4 is 5.91 Å². The van der Waals surface area contributed by atoms with E-state index in [1.165, 1.54) is 13.4 Å². The molecule has 1 aromatic heterocycles. The second-order valence-electron chi connectivity index (χ2n) is 4.05. The van der Waals surface area contributed by atoms with Crippen molar-refractivity contribution in [3.05, 3.63) is 47.4 Å². The van der Waals surface area contributed by atoms with E-state index in [0.717, 1.165) is 0 Å². The zero-order valence-corrected chi connectivity index (χ0v) is 11.3. The van der Waals surface area contributed by atoms with Crippen LogP contribution in [0.1, 0.15) is 21.7 Å². The number of nitrogens with zero attached hydrogens (tertiary/aromatic N) is 1. The summed E-state index contributed by atoms with van der Waals surface area (Å²) in [5.41, 5.74) is 2.95. The highest BCUT2D eigenvalue weighted by molar-refractivity contribution is 5.92. The minimum absolute atomic E-state index is 0.0842. The number of carbonyl (C=O) groups is 1. The maximum absolute atomic E-state index is 11.5. The fourth-order valence-electron chi connectivity index (χ4n) is 1.71. The van der Waals surface area contributed by atoms with Crippen molar-refractivity contribution in [3.8, 4) is 17.6 Å². The highest BCUT2D eigenvalue weighted by Gasteiger charge is 2.14. The molecular weight excluding hydrogens is 274 g/mol. The standard InChI is InChI=1S/C14H13N3O4/c1-19-11-4-9(7-15)5-12(6-11)21-8-10-2-3-20-13(10)14(18)17-16/h2-6H,8,16H2,1H3,(H,17,18). The van der Waals surface area contributed by atoms with Crippen LogP contribution in [0.3, 0.4) is 0 Å². The van der Waals surface area contributed by atoms with E-state index >= 15 is 0 Å². The Hall–Kier alpha value is -2.98. The first kappa shape index (κ1) is 14.4. The van der Waals surface area contributed by atoms with Crippen LogP contribution < -0.4 is 20.7 Å². The minimum atomic E-state index is -0.540. The predicted molar refractivity (Wildman–Crippen MR) is 72.4 cm³/mol. The van der Waals surface area contributed by atoms with Crippen LogP contribution in [0.5, 0.6) is 11.5 Å². The number of nitrogens with two attached hydrogens (primary N) is 1. The number of hydrogen-bond donors (Lipinski definition) is 2. The van der Waals surface area contributed by atoms with Gasteiger partial charge in [0.15, 0.2) is 5.76 Å². The van der Waals surface area contributed by atoms with E-state index in [-0.39, 0.29) is 12.4 Å². The maximum Gasteiger partial charge on any atom is 0.301 e. The molecule has 0 saturated carbocycles. The van der Waals surface area contributed by atoms with Gasteiger partial charge in [-0.2, -0.15) is 5.26 Å². The lowest BCUT2D eigenvalue weighted by atomic mass is 10.2. The number of nitriles is 1. The van der Waals surface area contributed by atoms with Crippen molar-refractivity contribution < 1.29 is 18.7 Å². The number of nitrogen functional groups attached to an aromatic ring is 1. The Balaban J connectivity index is 2.15. The molecule has 1 aromatic carbocycles. The molecule has 0 aliphatic carbocycles. The van der Waals surface area contributed by atoms with E-state index in [9.17, 15) is 4.79 Å². The van der Waals surface area contributed by atoms with E-state index in [4.69, 9.17) is 25.0 Å². The first-order valence-corrected chi connectivity index (χ1v) is 5.97. The van der Waals surface area contributed by atoms with Crippen LogP contribution >= 0.6 is 0 Å². The molecule has 2 aromatic rings. The van der Waals surface area contributed by atoms with Gasteiger partial charge < -0.3 is 13.9 Å². The van der Waals surface area contributed by atoms with Crippen molar-refractivity contribution in [3.63, 3.8) is 0 Å². The third-order valence-electron chi connectivity index (χ3n) is 2.72. The molecule has 1 heterocycles. The summed E-state index contributed by atoms with van der Waals surface area (Å²) in [6.07, 6.45) is 1.37. The number of furan rings is 1. The third-order valence-corrected chi connectivity index (χ3v) is 2.72. The van der Waals surface area contributed by atoms with Crippen molar-refractivity contribution in [2.75, 3.05) is 7.11 Å². The number of hydrogen-bond acceptors (Lipinski definition) is 6. The van der Waals surface area contributed by atoms with E-state index in [0.29, 0.717) is 22.6 Å². The Kier molecular flexibility index (Phi) is 4.43. The van der Waals surface area contributed by atoms with Crippen molar-refractivity contribution in [2.45, 2.75) is 6.61 Å². The van der Waals surface area contributed by atoms with Crippen molar-refractivity contribution in [1.82, 2.24) is 5.43 Å². The fourth-order valence-corrected chi connectivity index (χ4v) is 1.71. The highest BCUT2D eigenvalue weighted by Crippen LogP contribution is 2.23. The third kappa shape index (κ3) is 3.32. The van der Waals surface area contributed by atoms with Crippen LogP contribution in [0.2, 0.25) is 0 Å². The smallest absolute Gasteiger partial charge is 0.301 e. The average molecular weight is 287 g/mol. The summed E-state index contributed by atoms with van der Waals surface area (Å²) >= 11 is 0. The van der Waals surface area contributed by atoms with Crippen LogP contribution in [0.4, 0.5) is 0 Å². The van der Waals surface area contributed by atoms with E-state index in [1.54, 1.807) is 24.3 Å². The Bertz CT molecular complexity index is 688. The number of ether oxygens (including phenoxy) is 2. The second-order valence-corrected chi connectivity index (χ2v) is 4.05. The van der Waals surface area contributed by atoms with Gasteiger partial charge in [0.2, 0.25) is 0 Å². The Labute approximate surface area is 120 Å². The first-order chi connectivity index (χ1) is 10.2. The van der Waals surface area contributed by atoms with Gasteiger partial charge in [-0.25, -0.2) is 5.84 Å². The number of rotatable bonds is 5. The lowest BCUT2D eigenvalue weighted by Crippen LogP contribution is -2.30. The molecule has 7 heteroatoms. The van der Waals surface area contributed by atoms with Gasteiger partial charge in [0.05, 0.1) is 25.0 Å². The monoisotopic (exact) mass is 287 g/mol. The number of carbonyl (C=O) groups excluding carboxylic acids is 1. The second kappa shape index (κ2) is 6.45. The van der Waals surface area contributed by atoms with Crippen LogP contribution in [0.25, 0.3) is 0 Å². The molecule has 0 bridgehead atoms. The van der Waals surface area contributed by atoms with Gasteiger partial charge in [-0.3, -0.25) is 10.2 Å². The molecule has 0 fully saturated rings. The molecule has 3 N–H and O–H groups in total. The lowest BCUT2D eigenvalue weighted by molar-refractivity contribution is 0.0922. The van der Waals surface area contributed by atoms with Crippen LogP contribution in [-0.2, 0) is 6.61 Å². The summed E-state index contributed by atoms with van der Waals surface area (Å²) < 4.78 is 15.7. The molecule has 0 aliphatic heterocycles. The maximum atomic E-state index is 11.5. The number of nitrogens with one attached hydrogen (secondary N) is 1. The molecule has 0 atom stereocenters. The van der Waals surface area contributed by atoms with Gasteiger partial charge in [0.25, 0.3) is 0 Å². The summed E-state index contributed by atoms with van der Waals surface area (Å²) in [4.78, 5) is 11.5. The Morgan fingerprint density at radius 3 is 2.86 bits per heavy atom. The first-order valence-electron chi connectivity index (χ1n) is 5.97. The average Bonchev–Trinajstić information content (AvgIpc) is 3.00.